The smallest absolute Gasteiger partial charge is 0.0464 e. The largest absolute Gasteiger partial charge is 0.396 e. The molecule has 0 radical (unpaired) electrons. The summed E-state index contributed by atoms with van der Waals surface area (Å²) in [5.74, 6) is 2.78. The summed E-state index contributed by atoms with van der Waals surface area (Å²) in [6, 6.07) is 0. The van der Waals surface area contributed by atoms with E-state index in [1.807, 2.05) is 0 Å². The molecule has 0 aliphatic heterocycles. The summed E-state index contributed by atoms with van der Waals surface area (Å²) in [5.41, 5.74) is 0.678. The summed E-state index contributed by atoms with van der Waals surface area (Å²) >= 11 is 0. The van der Waals surface area contributed by atoms with Crippen LogP contribution in [-0.2, 0) is 0 Å². The zero-order chi connectivity index (χ0) is 7.47. The van der Waals surface area contributed by atoms with Crippen LogP contribution in [0.25, 0.3) is 0 Å². The van der Waals surface area contributed by atoms with Gasteiger partial charge in [-0.15, -0.1) is 0 Å². The van der Waals surface area contributed by atoms with E-state index in [0.29, 0.717) is 17.9 Å². The molecule has 3 aliphatic carbocycles. The SMILES string of the molecule is OCC1CC12CC1CCC2C1. The Labute approximate surface area is 67.8 Å². The van der Waals surface area contributed by atoms with E-state index >= 15 is 0 Å². The molecule has 1 nitrogen and oxygen atoms in total. The highest BCUT2D eigenvalue weighted by Crippen LogP contribution is 2.71. The molecule has 4 unspecified atom stereocenters. The monoisotopic (exact) mass is 152 g/mol. The van der Waals surface area contributed by atoms with Gasteiger partial charge in [-0.3, -0.25) is 0 Å². The first-order valence-corrected chi connectivity index (χ1v) is 4.96. The highest BCUT2D eigenvalue weighted by molar-refractivity contribution is 5.13. The van der Waals surface area contributed by atoms with E-state index in [1.54, 1.807) is 0 Å². The average Bonchev–Trinajstić information content (AvgIpc) is 2.45. The molecule has 3 fully saturated rings. The molecule has 3 rings (SSSR count). The maximum absolute atomic E-state index is 9.06. The van der Waals surface area contributed by atoms with Gasteiger partial charge >= 0.3 is 0 Å². The van der Waals surface area contributed by atoms with Crippen LogP contribution in [-0.4, -0.2) is 11.7 Å². The molecular weight excluding hydrogens is 136 g/mol. The van der Waals surface area contributed by atoms with Gasteiger partial charge in [0.15, 0.2) is 0 Å². The Morgan fingerprint density at radius 1 is 1.27 bits per heavy atom. The number of fused-ring (bicyclic) bond motifs is 3. The first kappa shape index (κ1) is 6.47. The molecule has 0 amide bonds. The van der Waals surface area contributed by atoms with E-state index in [2.05, 4.69) is 0 Å². The van der Waals surface area contributed by atoms with Gasteiger partial charge in [0.25, 0.3) is 0 Å². The molecule has 1 N–H and O–H groups in total. The maximum Gasteiger partial charge on any atom is 0.0464 e. The maximum atomic E-state index is 9.06. The molecule has 0 heterocycles. The lowest BCUT2D eigenvalue weighted by Gasteiger charge is -2.21. The van der Waals surface area contributed by atoms with Crippen LogP contribution in [0.2, 0.25) is 0 Å². The van der Waals surface area contributed by atoms with Gasteiger partial charge in [0, 0.05) is 6.61 Å². The van der Waals surface area contributed by atoms with Crippen LogP contribution < -0.4 is 0 Å². The van der Waals surface area contributed by atoms with Gasteiger partial charge in [0.2, 0.25) is 0 Å². The van der Waals surface area contributed by atoms with Gasteiger partial charge < -0.3 is 5.11 Å². The lowest BCUT2D eigenvalue weighted by Crippen LogP contribution is -2.15. The van der Waals surface area contributed by atoms with Crippen molar-refractivity contribution in [2.24, 2.45) is 23.2 Å². The summed E-state index contributed by atoms with van der Waals surface area (Å²) in [5, 5.41) is 9.06. The van der Waals surface area contributed by atoms with Crippen molar-refractivity contribution in [2.45, 2.75) is 32.1 Å². The van der Waals surface area contributed by atoms with Crippen LogP contribution >= 0.6 is 0 Å². The fraction of sp³-hybridized carbons (Fsp3) is 1.00. The molecule has 0 aromatic carbocycles. The molecule has 62 valence electrons. The Morgan fingerprint density at radius 2 is 2.18 bits per heavy atom. The second-order valence-electron chi connectivity index (χ2n) is 4.90. The number of aliphatic hydroxyl groups is 1. The summed E-state index contributed by atoms with van der Waals surface area (Å²) < 4.78 is 0. The zero-order valence-corrected chi connectivity index (χ0v) is 6.92. The Kier molecular flexibility index (Phi) is 1.07. The molecule has 0 aromatic heterocycles. The van der Waals surface area contributed by atoms with Crippen molar-refractivity contribution in [3.63, 3.8) is 0 Å². The van der Waals surface area contributed by atoms with Gasteiger partial charge in [-0.2, -0.15) is 0 Å². The second kappa shape index (κ2) is 1.82. The number of hydrogen-bond acceptors (Lipinski definition) is 1. The Hall–Kier alpha value is -0.0400. The van der Waals surface area contributed by atoms with Crippen LogP contribution in [0, 0.1) is 23.2 Å². The lowest BCUT2D eigenvalue weighted by atomic mass is 9.84. The van der Waals surface area contributed by atoms with Crippen molar-refractivity contribution in [1.29, 1.82) is 0 Å². The van der Waals surface area contributed by atoms with Crippen molar-refractivity contribution in [3.05, 3.63) is 0 Å². The zero-order valence-electron chi connectivity index (χ0n) is 6.92. The summed E-state index contributed by atoms with van der Waals surface area (Å²) in [7, 11) is 0. The number of rotatable bonds is 1. The molecular formula is C10H16O. The summed E-state index contributed by atoms with van der Waals surface area (Å²) in [4.78, 5) is 0. The molecule has 11 heavy (non-hydrogen) atoms. The van der Waals surface area contributed by atoms with Crippen molar-refractivity contribution in [3.8, 4) is 0 Å². The topological polar surface area (TPSA) is 20.2 Å². The van der Waals surface area contributed by atoms with E-state index in [9.17, 15) is 0 Å². The summed E-state index contributed by atoms with van der Waals surface area (Å²) in [6.07, 6.45) is 7.27. The minimum atomic E-state index is 0.462. The van der Waals surface area contributed by atoms with Crippen LogP contribution in [0.15, 0.2) is 0 Å². The van der Waals surface area contributed by atoms with Crippen molar-refractivity contribution in [1.82, 2.24) is 0 Å². The molecule has 1 heteroatoms. The molecule has 1 spiro atoms. The average molecular weight is 152 g/mol. The Balaban J connectivity index is 1.82. The highest BCUT2D eigenvalue weighted by atomic mass is 16.3. The molecule has 4 atom stereocenters. The quantitative estimate of drug-likeness (QED) is 0.607. The van der Waals surface area contributed by atoms with Gasteiger partial charge in [0.1, 0.15) is 0 Å². The molecule has 3 aliphatic rings. The minimum Gasteiger partial charge on any atom is -0.396 e. The second-order valence-corrected chi connectivity index (χ2v) is 4.90. The first-order valence-electron chi connectivity index (χ1n) is 4.96. The standard InChI is InChI=1S/C10H16O/c11-6-9-5-10(9)4-7-1-2-8(10)3-7/h7-9,11H,1-6H2. The van der Waals surface area contributed by atoms with Crippen molar-refractivity contribution < 1.29 is 5.11 Å². The highest BCUT2D eigenvalue weighted by Gasteiger charge is 2.64. The molecule has 3 saturated carbocycles. The lowest BCUT2D eigenvalue weighted by molar-refractivity contribution is 0.210. The van der Waals surface area contributed by atoms with E-state index in [0.717, 1.165) is 11.8 Å². The fourth-order valence-electron chi connectivity index (χ4n) is 3.88. The van der Waals surface area contributed by atoms with Crippen molar-refractivity contribution in [2.75, 3.05) is 6.61 Å². The number of hydrogen-bond donors (Lipinski definition) is 1. The normalized spacial score (nSPS) is 59.2. The van der Waals surface area contributed by atoms with Crippen LogP contribution in [0.4, 0.5) is 0 Å². The van der Waals surface area contributed by atoms with E-state index < -0.39 is 0 Å². The summed E-state index contributed by atoms with van der Waals surface area (Å²) in [6.45, 7) is 0.462. The van der Waals surface area contributed by atoms with Gasteiger partial charge in [0.05, 0.1) is 0 Å². The van der Waals surface area contributed by atoms with Gasteiger partial charge in [-0.1, -0.05) is 6.42 Å². The third-order valence-electron chi connectivity index (χ3n) is 4.52. The van der Waals surface area contributed by atoms with Crippen molar-refractivity contribution >= 4 is 0 Å². The first-order chi connectivity index (χ1) is 5.35. The Morgan fingerprint density at radius 3 is 2.64 bits per heavy atom. The molecule has 0 saturated heterocycles. The number of aliphatic hydroxyl groups excluding tert-OH is 1. The Bertz CT molecular complexity index is 189. The minimum absolute atomic E-state index is 0.462. The van der Waals surface area contributed by atoms with Crippen LogP contribution in [0.3, 0.4) is 0 Å². The van der Waals surface area contributed by atoms with E-state index in [-0.39, 0.29) is 0 Å². The third-order valence-corrected chi connectivity index (χ3v) is 4.52. The van der Waals surface area contributed by atoms with Crippen LogP contribution in [0.5, 0.6) is 0 Å². The van der Waals surface area contributed by atoms with Gasteiger partial charge in [-0.05, 0) is 48.9 Å². The predicted molar refractivity (Wildman–Crippen MR) is 43.1 cm³/mol. The predicted octanol–water partition coefficient (Wildman–Crippen LogP) is 1.80. The van der Waals surface area contributed by atoms with Crippen LogP contribution in [0.1, 0.15) is 32.1 Å². The van der Waals surface area contributed by atoms with E-state index in [1.165, 1.54) is 32.1 Å². The fourth-order valence-corrected chi connectivity index (χ4v) is 3.88. The third kappa shape index (κ3) is 0.658. The van der Waals surface area contributed by atoms with Gasteiger partial charge in [-0.25, -0.2) is 0 Å². The van der Waals surface area contributed by atoms with E-state index in [4.69, 9.17) is 5.11 Å². The molecule has 0 aromatic rings. The molecule has 2 bridgehead atoms.